The minimum absolute atomic E-state index is 0.306. The van der Waals surface area contributed by atoms with E-state index in [9.17, 15) is 0 Å². The van der Waals surface area contributed by atoms with Crippen molar-refractivity contribution in [1.82, 2.24) is 15.0 Å². The van der Waals surface area contributed by atoms with Crippen molar-refractivity contribution >= 4 is 17.8 Å². The van der Waals surface area contributed by atoms with Gasteiger partial charge in [0.1, 0.15) is 0 Å². The monoisotopic (exact) mass is 292 g/mol. The van der Waals surface area contributed by atoms with E-state index in [-0.39, 0.29) is 0 Å². The van der Waals surface area contributed by atoms with Gasteiger partial charge in [0.2, 0.25) is 17.8 Å². The van der Waals surface area contributed by atoms with Crippen LogP contribution in [0.5, 0.6) is 0 Å². The summed E-state index contributed by atoms with van der Waals surface area (Å²) in [4.78, 5) is 17.6. The van der Waals surface area contributed by atoms with Gasteiger partial charge in [0.05, 0.1) is 13.2 Å². The van der Waals surface area contributed by atoms with Gasteiger partial charge < -0.3 is 20.3 Å². The summed E-state index contributed by atoms with van der Waals surface area (Å²) >= 11 is 0. The maximum absolute atomic E-state index is 5.89. The van der Waals surface area contributed by atoms with Gasteiger partial charge in [0, 0.05) is 26.2 Å². The van der Waals surface area contributed by atoms with Crippen LogP contribution in [0.15, 0.2) is 0 Å². The first-order valence-corrected chi connectivity index (χ1v) is 7.85. The van der Waals surface area contributed by atoms with Gasteiger partial charge in [-0.25, -0.2) is 0 Å². The van der Waals surface area contributed by atoms with E-state index in [2.05, 4.69) is 31.7 Å². The minimum Gasteiger partial charge on any atom is -0.378 e. The maximum Gasteiger partial charge on any atom is 0.232 e. The Morgan fingerprint density at radius 1 is 1.10 bits per heavy atom. The Hall–Kier alpha value is -1.63. The summed E-state index contributed by atoms with van der Waals surface area (Å²) in [6, 6.07) is 0. The van der Waals surface area contributed by atoms with Gasteiger partial charge in [-0.1, -0.05) is 13.3 Å². The summed E-state index contributed by atoms with van der Waals surface area (Å²) in [5.41, 5.74) is 5.89. The van der Waals surface area contributed by atoms with E-state index < -0.39 is 0 Å². The average molecular weight is 292 g/mol. The third-order valence-electron chi connectivity index (χ3n) is 4.30. The summed E-state index contributed by atoms with van der Waals surface area (Å²) < 4.78 is 5.37. The maximum atomic E-state index is 5.89. The second-order valence-electron chi connectivity index (χ2n) is 5.76. The highest BCUT2D eigenvalue weighted by molar-refractivity contribution is 5.44. The predicted octanol–water partition coefficient (Wildman–Crippen LogP) is 0.917. The van der Waals surface area contributed by atoms with Gasteiger partial charge in [-0.2, -0.15) is 15.0 Å². The highest BCUT2D eigenvalue weighted by Gasteiger charge is 2.23. The Morgan fingerprint density at radius 2 is 1.81 bits per heavy atom. The molecule has 116 valence electrons. The van der Waals surface area contributed by atoms with Crippen LogP contribution < -0.4 is 15.5 Å². The molecule has 7 heteroatoms. The number of piperidine rings is 1. The number of anilines is 3. The molecular weight excluding hydrogens is 268 g/mol. The molecule has 3 rings (SSSR count). The minimum atomic E-state index is 0.306. The average Bonchev–Trinajstić information content (AvgIpc) is 2.55. The zero-order valence-corrected chi connectivity index (χ0v) is 12.7. The zero-order chi connectivity index (χ0) is 14.7. The topological polar surface area (TPSA) is 80.4 Å². The molecule has 0 amide bonds. The molecule has 2 fully saturated rings. The third-order valence-corrected chi connectivity index (χ3v) is 4.30. The van der Waals surface area contributed by atoms with Crippen molar-refractivity contribution in [2.24, 2.45) is 5.92 Å². The molecule has 0 spiro atoms. The lowest BCUT2D eigenvalue weighted by molar-refractivity contribution is 0.122. The van der Waals surface area contributed by atoms with Crippen molar-refractivity contribution in [2.75, 3.05) is 54.9 Å². The Kier molecular flexibility index (Phi) is 4.38. The van der Waals surface area contributed by atoms with Crippen molar-refractivity contribution in [3.05, 3.63) is 0 Å². The van der Waals surface area contributed by atoms with Gasteiger partial charge in [-0.15, -0.1) is 0 Å². The Balaban J connectivity index is 1.80. The smallest absolute Gasteiger partial charge is 0.232 e. The van der Waals surface area contributed by atoms with E-state index in [0.717, 1.165) is 38.0 Å². The molecule has 1 atom stereocenters. The number of nitrogens with two attached hydrogens (primary N) is 1. The van der Waals surface area contributed by atoms with Crippen LogP contribution in [0.25, 0.3) is 0 Å². The Labute approximate surface area is 125 Å². The summed E-state index contributed by atoms with van der Waals surface area (Å²) in [5.74, 6) is 2.44. The SMILES string of the molecule is CCC1CCCN(c2nc(N)nc(N3CCOCC3)n2)C1. The highest BCUT2D eigenvalue weighted by Crippen LogP contribution is 2.24. The summed E-state index contributed by atoms with van der Waals surface area (Å²) in [5, 5.41) is 0. The van der Waals surface area contributed by atoms with Crippen LogP contribution in [0, 0.1) is 5.92 Å². The fourth-order valence-electron chi connectivity index (χ4n) is 3.00. The number of hydrogen-bond acceptors (Lipinski definition) is 7. The highest BCUT2D eigenvalue weighted by atomic mass is 16.5. The van der Waals surface area contributed by atoms with Crippen molar-refractivity contribution in [1.29, 1.82) is 0 Å². The molecule has 2 N–H and O–H groups in total. The number of aromatic nitrogens is 3. The zero-order valence-electron chi connectivity index (χ0n) is 12.7. The number of hydrogen-bond donors (Lipinski definition) is 1. The first kappa shape index (κ1) is 14.3. The molecule has 0 aromatic carbocycles. The molecule has 0 bridgehead atoms. The molecule has 1 unspecified atom stereocenters. The molecular formula is C14H24N6O. The van der Waals surface area contributed by atoms with E-state index in [4.69, 9.17) is 10.5 Å². The molecule has 0 aliphatic carbocycles. The lowest BCUT2D eigenvalue weighted by Gasteiger charge is -2.33. The molecule has 3 heterocycles. The molecule has 1 aromatic heterocycles. The van der Waals surface area contributed by atoms with Crippen LogP contribution in [-0.2, 0) is 4.74 Å². The van der Waals surface area contributed by atoms with Gasteiger partial charge in [-0.05, 0) is 18.8 Å². The quantitative estimate of drug-likeness (QED) is 0.887. The molecule has 7 nitrogen and oxygen atoms in total. The third kappa shape index (κ3) is 3.34. The molecule has 2 saturated heterocycles. The number of ether oxygens (including phenoxy) is 1. The largest absolute Gasteiger partial charge is 0.378 e. The molecule has 21 heavy (non-hydrogen) atoms. The van der Waals surface area contributed by atoms with Crippen LogP contribution in [-0.4, -0.2) is 54.3 Å². The van der Waals surface area contributed by atoms with Gasteiger partial charge in [-0.3, -0.25) is 0 Å². The van der Waals surface area contributed by atoms with Gasteiger partial charge >= 0.3 is 0 Å². The van der Waals surface area contributed by atoms with E-state index in [1.165, 1.54) is 19.3 Å². The van der Waals surface area contributed by atoms with Gasteiger partial charge in [0.25, 0.3) is 0 Å². The van der Waals surface area contributed by atoms with Crippen LogP contribution in [0.1, 0.15) is 26.2 Å². The number of nitrogens with zero attached hydrogens (tertiary/aromatic N) is 5. The summed E-state index contributed by atoms with van der Waals surface area (Å²) in [7, 11) is 0. The molecule has 2 aliphatic heterocycles. The number of morpholine rings is 1. The second kappa shape index (κ2) is 6.43. The lowest BCUT2D eigenvalue weighted by atomic mass is 9.96. The normalized spacial score (nSPS) is 23.4. The Morgan fingerprint density at radius 3 is 2.52 bits per heavy atom. The van der Waals surface area contributed by atoms with Crippen LogP contribution >= 0.6 is 0 Å². The Bertz CT molecular complexity index is 477. The molecule has 0 radical (unpaired) electrons. The van der Waals surface area contributed by atoms with Crippen molar-refractivity contribution in [3.63, 3.8) is 0 Å². The van der Waals surface area contributed by atoms with E-state index in [1.54, 1.807) is 0 Å². The molecule has 0 saturated carbocycles. The van der Waals surface area contributed by atoms with Crippen molar-refractivity contribution in [3.8, 4) is 0 Å². The molecule has 1 aromatic rings. The van der Waals surface area contributed by atoms with E-state index in [0.29, 0.717) is 25.1 Å². The first-order valence-electron chi connectivity index (χ1n) is 7.85. The van der Waals surface area contributed by atoms with Crippen LogP contribution in [0.4, 0.5) is 17.8 Å². The van der Waals surface area contributed by atoms with E-state index in [1.807, 2.05) is 0 Å². The van der Waals surface area contributed by atoms with Crippen LogP contribution in [0.2, 0.25) is 0 Å². The fourth-order valence-corrected chi connectivity index (χ4v) is 3.00. The van der Waals surface area contributed by atoms with Crippen molar-refractivity contribution < 1.29 is 4.74 Å². The second-order valence-corrected chi connectivity index (χ2v) is 5.76. The van der Waals surface area contributed by atoms with Gasteiger partial charge in [0.15, 0.2) is 0 Å². The molecule has 2 aliphatic rings. The standard InChI is InChI=1S/C14H24N6O/c1-2-11-4-3-5-20(10-11)14-17-12(15)16-13(18-14)19-6-8-21-9-7-19/h11H,2-10H2,1H3,(H2,15,16,17,18). The fraction of sp³-hybridized carbons (Fsp3) is 0.786. The number of nitrogen functional groups attached to an aromatic ring is 1. The van der Waals surface area contributed by atoms with Crippen molar-refractivity contribution in [2.45, 2.75) is 26.2 Å². The predicted molar refractivity (Wildman–Crippen MR) is 82.5 cm³/mol. The first-order chi connectivity index (χ1) is 10.3. The summed E-state index contributed by atoms with van der Waals surface area (Å²) in [6.45, 7) is 7.30. The summed E-state index contributed by atoms with van der Waals surface area (Å²) in [6.07, 6.45) is 3.69. The number of rotatable bonds is 3. The van der Waals surface area contributed by atoms with Crippen LogP contribution in [0.3, 0.4) is 0 Å². The lowest BCUT2D eigenvalue weighted by Crippen LogP contribution is -2.39. The van der Waals surface area contributed by atoms with E-state index >= 15 is 0 Å².